The molecule has 1 aromatic rings. The number of hydrogen-bond acceptors (Lipinski definition) is 4. The summed E-state index contributed by atoms with van der Waals surface area (Å²) in [5.41, 5.74) is 1.06. The summed E-state index contributed by atoms with van der Waals surface area (Å²) in [4.78, 5) is 0.360. The zero-order valence-corrected chi connectivity index (χ0v) is 13.9. The molecule has 1 N–H and O–H groups in total. The molecule has 0 aromatic heterocycles. The van der Waals surface area contributed by atoms with E-state index < -0.39 is 10.0 Å². The summed E-state index contributed by atoms with van der Waals surface area (Å²) in [6.45, 7) is 1.91. The van der Waals surface area contributed by atoms with Crippen molar-refractivity contribution in [3.8, 4) is 0 Å². The van der Waals surface area contributed by atoms with Crippen molar-refractivity contribution in [2.75, 3.05) is 31.6 Å². The monoisotopic (exact) mass is 364 g/mol. The first-order chi connectivity index (χ1) is 9.05. The molecule has 1 saturated heterocycles. The molecule has 1 aliphatic rings. The fourth-order valence-corrected chi connectivity index (χ4v) is 5.65. The Morgan fingerprint density at radius 2 is 2.05 bits per heavy atom. The highest BCUT2D eigenvalue weighted by molar-refractivity contribution is 9.10. The summed E-state index contributed by atoms with van der Waals surface area (Å²) in [7, 11) is -1.51. The molecule has 106 valence electrons. The molecule has 1 aliphatic heterocycles. The Morgan fingerprint density at radius 3 is 2.63 bits per heavy atom. The smallest absolute Gasteiger partial charge is 0.244 e. The van der Waals surface area contributed by atoms with Gasteiger partial charge in [-0.25, -0.2) is 8.42 Å². The Kier molecular flexibility index (Phi) is 5.30. The second-order valence-corrected chi connectivity index (χ2v) is 8.30. The van der Waals surface area contributed by atoms with Crippen LogP contribution in [-0.2, 0) is 16.6 Å². The minimum absolute atomic E-state index is 0.360. The molecular formula is C12H17BrN2O2S2. The van der Waals surface area contributed by atoms with Crippen LogP contribution in [0.4, 0.5) is 0 Å². The van der Waals surface area contributed by atoms with Crippen LogP contribution >= 0.6 is 27.7 Å². The summed E-state index contributed by atoms with van der Waals surface area (Å²) in [5, 5.41) is 3.05. The Hall–Kier alpha value is -0.0800. The molecule has 0 unspecified atom stereocenters. The first-order valence-electron chi connectivity index (χ1n) is 6.06. The lowest BCUT2D eigenvalue weighted by Gasteiger charge is -2.26. The van der Waals surface area contributed by atoms with Gasteiger partial charge in [-0.3, -0.25) is 0 Å². The van der Waals surface area contributed by atoms with Gasteiger partial charge in [0.25, 0.3) is 0 Å². The summed E-state index contributed by atoms with van der Waals surface area (Å²) < 4.78 is 27.3. The highest BCUT2D eigenvalue weighted by atomic mass is 79.9. The molecule has 0 spiro atoms. The van der Waals surface area contributed by atoms with Gasteiger partial charge in [-0.15, -0.1) is 0 Å². The molecule has 1 heterocycles. The van der Waals surface area contributed by atoms with E-state index in [2.05, 4.69) is 21.2 Å². The zero-order valence-electron chi connectivity index (χ0n) is 10.7. The third-order valence-electron chi connectivity index (χ3n) is 2.97. The van der Waals surface area contributed by atoms with Crippen LogP contribution in [0.3, 0.4) is 0 Å². The van der Waals surface area contributed by atoms with E-state index in [1.807, 2.05) is 19.2 Å². The van der Waals surface area contributed by atoms with Crippen molar-refractivity contribution in [2.45, 2.75) is 11.4 Å². The Morgan fingerprint density at radius 1 is 1.37 bits per heavy atom. The van der Waals surface area contributed by atoms with E-state index in [-0.39, 0.29) is 0 Å². The van der Waals surface area contributed by atoms with Gasteiger partial charge in [0.2, 0.25) is 10.0 Å². The molecule has 0 saturated carbocycles. The molecule has 7 heteroatoms. The molecule has 19 heavy (non-hydrogen) atoms. The maximum absolute atomic E-state index is 12.5. The standard InChI is InChI=1S/C12H17BrN2O2S2/c1-14-9-10-2-3-12(11(13)8-10)19(16,17)15-4-6-18-7-5-15/h2-3,8,14H,4-7,9H2,1H3. The van der Waals surface area contributed by atoms with E-state index in [9.17, 15) is 8.42 Å². The molecule has 4 nitrogen and oxygen atoms in total. The van der Waals surface area contributed by atoms with Gasteiger partial charge in [-0.2, -0.15) is 16.1 Å². The number of sulfonamides is 1. The third kappa shape index (κ3) is 3.52. The lowest BCUT2D eigenvalue weighted by atomic mass is 10.2. The summed E-state index contributed by atoms with van der Waals surface area (Å²) in [5.74, 6) is 1.74. The van der Waals surface area contributed by atoms with Crippen molar-refractivity contribution < 1.29 is 8.42 Å². The number of thioether (sulfide) groups is 1. The third-order valence-corrected chi connectivity index (χ3v) is 6.78. The minimum atomic E-state index is -3.37. The maximum Gasteiger partial charge on any atom is 0.244 e. The van der Waals surface area contributed by atoms with Crippen LogP contribution in [0.5, 0.6) is 0 Å². The van der Waals surface area contributed by atoms with Crippen molar-refractivity contribution in [1.82, 2.24) is 9.62 Å². The SMILES string of the molecule is CNCc1ccc(S(=O)(=O)N2CCSCC2)c(Br)c1. The zero-order chi connectivity index (χ0) is 13.9. The minimum Gasteiger partial charge on any atom is -0.316 e. The van der Waals surface area contributed by atoms with Crippen molar-refractivity contribution in [3.05, 3.63) is 28.2 Å². The van der Waals surface area contributed by atoms with E-state index in [1.165, 1.54) is 0 Å². The highest BCUT2D eigenvalue weighted by Gasteiger charge is 2.27. The average Bonchev–Trinajstić information content (AvgIpc) is 2.40. The normalized spacial score (nSPS) is 17.6. The molecule has 1 fully saturated rings. The van der Waals surface area contributed by atoms with Gasteiger partial charge in [0.05, 0.1) is 4.90 Å². The summed E-state index contributed by atoms with van der Waals surface area (Å²) >= 11 is 5.18. The molecular weight excluding hydrogens is 348 g/mol. The molecule has 0 aliphatic carbocycles. The molecule has 0 radical (unpaired) electrons. The number of hydrogen-bond donors (Lipinski definition) is 1. The molecule has 2 rings (SSSR count). The van der Waals surface area contributed by atoms with Crippen LogP contribution in [0.25, 0.3) is 0 Å². The van der Waals surface area contributed by atoms with E-state index in [4.69, 9.17) is 0 Å². The van der Waals surface area contributed by atoms with E-state index in [0.29, 0.717) is 22.5 Å². The van der Waals surface area contributed by atoms with Gasteiger partial charge in [0.15, 0.2) is 0 Å². The van der Waals surface area contributed by atoms with Gasteiger partial charge < -0.3 is 5.32 Å². The van der Waals surface area contributed by atoms with Gasteiger partial charge >= 0.3 is 0 Å². The topological polar surface area (TPSA) is 49.4 Å². The quantitative estimate of drug-likeness (QED) is 0.886. The number of benzene rings is 1. The number of nitrogens with zero attached hydrogens (tertiary/aromatic N) is 1. The van der Waals surface area contributed by atoms with E-state index >= 15 is 0 Å². The Balaban J connectivity index is 2.29. The fraction of sp³-hybridized carbons (Fsp3) is 0.500. The number of halogens is 1. The average molecular weight is 365 g/mol. The van der Waals surface area contributed by atoms with Crippen LogP contribution in [0.15, 0.2) is 27.6 Å². The summed E-state index contributed by atoms with van der Waals surface area (Å²) in [6.07, 6.45) is 0. The second kappa shape index (κ2) is 6.58. The van der Waals surface area contributed by atoms with Crippen LogP contribution in [0.2, 0.25) is 0 Å². The first-order valence-corrected chi connectivity index (χ1v) is 9.45. The van der Waals surface area contributed by atoms with Crippen molar-refractivity contribution in [3.63, 3.8) is 0 Å². The lowest BCUT2D eigenvalue weighted by molar-refractivity contribution is 0.443. The lowest BCUT2D eigenvalue weighted by Crippen LogP contribution is -2.38. The van der Waals surface area contributed by atoms with Crippen molar-refractivity contribution in [1.29, 1.82) is 0 Å². The number of rotatable bonds is 4. The second-order valence-electron chi connectivity index (χ2n) is 4.31. The Labute approximate surface area is 127 Å². The highest BCUT2D eigenvalue weighted by Crippen LogP contribution is 2.27. The van der Waals surface area contributed by atoms with Crippen LogP contribution in [-0.4, -0.2) is 44.4 Å². The predicted molar refractivity (Wildman–Crippen MR) is 83.0 cm³/mol. The van der Waals surface area contributed by atoms with Gasteiger partial charge in [0.1, 0.15) is 0 Å². The molecule has 0 bridgehead atoms. The van der Waals surface area contributed by atoms with Crippen LogP contribution in [0.1, 0.15) is 5.56 Å². The van der Waals surface area contributed by atoms with Gasteiger partial charge in [-0.05, 0) is 40.7 Å². The maximum atomic E-state index is 12.5. The Bertz CT molecular complexity index is 543. The fourth-order valence-electron chi connectivity index (χ4n) is 1.99. The molecule has 0 atom stereocenters. The van der Waals surface area contributed by atoms with E-state index in [1.54, 1.807) is 22.1 Å². The van der Waals surface area contributed by atoms with Crippen LogP contribution < -0.4 is 5.32 Å². The van der Waals surface area contributed by atoms with E-state index in [0.717, 1.165) is 23.6 Å². The largest absolute Gasteiger partial charge is 0.316 e. The summed E-state index contributed by atoms with van der Waals surface area (Å²) in [6, 6.07) is 5.41. The number of nitrogens with one attached hydrogen (secondary N) is 1. The molecule has 1 aromatic carbocycles. The van der Waals surface area contributed by atoms with Crippen molar-refractivity contribution >= 4 is 37.7 Å². The first kappa shape index (κ1) is 15.3. The van der Waals surface area contributed by atoms with Crippen LogP contribution in [0, 0.1) is 0 Å². The predicted octanol–water partition coefficient (Wildman–Crippen LogP) is 1.91. The van der Waals surface area contributed by atoms with Crippen molar-refractivity contribution in [2.24, 2.45) is 0 Å². The van der Waals surface area contributed by atoms with Gasteiger partial charge in [0, 0.05) is 35.6 Å². The van der Waals surface area contributed by atoms with Gasteiger partial charge in [-0.1, -0.05) is 6.07 Å². The molecule has 0 amide bonds.